The van der Waals surface area contributed by atoms with E-state index in [0.29, 0.717) is 0 Å². The predicted molar refractivity (Wildman–Crippen MR) is 162 cm³/mol. The molecular formula is C30H42Cl2N2SiZr. The van der Waals surface area contributed by atoms with E-state index in [9.17, 15) is 0 Å². The largest absolute Gasteiger partial charge is 0.147 e. The van der Waals surface area contributed by atoms with Crippen molar-refractivity contribution in [2.24, 2.45) is 0 Å². The monoisotopic (exact) mass is 618 g/mol. The topological polar surface area (TPSA) is 25.8 Å². The van der Waals surface area contributed by atoms with Crippen LogP contribution >= 0.6 is 24.8 Å². The van der Waals surface area contributed by atoms with Gasteiger partial charge in [0.1, 0.15) is 0 Å². The molecule has 0 atom stereocenters. The van der Waals surface area contributed by atoms with E-state index in [1.165, 1.54) is 49.7 Å². The molecule has 2 heterocycles. The Morgan fingerprint density at radius 3 is 1.39 bits per heavy atom. The maximum atomic E-state index is 4.33. The van der Waals surface area contributed by atoms with Crippen molar-refractivity contribution in [2.75, 3.05) is 0 Å². The van der Waals surface area contributed by atoms with Crippen molar-refractivity contribution in [2.45, 2.75) is 74.5 Å². The number of nitrogens with zero attached hydrogens (tertiary/aromatic N) is 2. The molecule has 0 saturated carbocycles. The molecule has 0 bridgehead atoms. The average Bonchev–Trinajstić information content (AvgIpc) is 3.48. The zero-order valence-corrected chi connectivity index (χ0v) is 27.9. The van der Waals surface area contributed by atoms with Crippen molar-refractivity contribution in [3.05, 3.63) is 90.0 Å². The molecule has 194 valence electrons. The molecule has 0 unspecified atom stereocenters. The second kappa shape index (κ2) is 13.1. The minimum Gasteiger partial charge on any atom is -0.147 e. The van der Waals surface area contributed by atoms with E-state index in [1.807, 2.05) is 24.8 Å². The first-order valence-electron chi connectivity index (χ1n) is 13.1. The second-order valence-corrected chi connectivity index (χ2v) is 39.7. The van der Waals surface area contributed by atoms with E-state index in [-0.39, 0.29) is 24.8 Å². The summed E-state index contributed by atoms with van der Waals surface area (Å²) in [7, 11) is 0. The minimum atomic E-state index is -3.49. The number of hydrogen-bond acceptors (Lipinski definition) is 2. The van der Waals surface area contributed by atoms with Gasteiger partial charge in [0.25, 0.3) is 0 Å². The number of hydrogen-bond donors (Lipinski definition) is 0. The van der Waals surface area contributed by atoms with Crippen LogP contribution in [0.1, 0.15) is 76.3 Å². The minimum absolute atomic E-state index is 0. The van der Waals surface area contributed by atoms with E-state index in [4.69, 9.17) is 0 Å². The van der Waals surface area contributed by atoms with Gasteiger partial charge in [-0.3, -0.25) is 0 Å². The van der Waals surface area contributed by atoms with Crippen LogP contribution in [0.2, 0.25) is 9.26 Å². The number of allylic oxidation sites excluding steroid dienone is 8. The van der Waals surface area contributed by atoms with Crippen LogP contribution in [0.3, 0.4) is 0 Å². The fourth-order valence-corrected chi connectivity index (χ4v) is 19.7. The summed E-state index contributed by atoms with van der Waals surface area (Å²) in [5, 5.41) is 0. The molecule has 0 N–H and O–H groups in total. The molecule has 6 heteroatoms. The van der Waals surface area contributed by atoms with Crippen molar-refractivity contribution < 1.29 is 17.4 Å². The van der Waals surface area contributed by atoms with E-state index >= 15 is 0 Å². The molecule has 2 aliphatic rings. The smallest absolute Gasteiger partial charge is 0.147 e. The van der Waals surface area contributed by atoms with E-state index < -0.39 is 17.4 Å². The molecule has 0 aromatic carbocycles. The first-order chi connectivity index (χ1) is 16.4. The van der Waals surface area contributed by atoms with Crippen molar-refractivity contribution in [3.8, 4) is 0 Å². The van der Waals surface area contributed by atoms with Gasteiger partial charge in [0.15, 0.2) is 0 Å². The summed E-state index contributed by atoms with van der Waals surface area (Å²) in [4.78, 5) is 8.66. The molecule has 0 saturated heterocycles. The summed E-state index contributed by atoms with van der Waals surface area (Å²) in [5.41, 5.74) is 8.99. The molecule has 0 spiro atoms. The third-order valence-electron chi connectivity index (χ3n) is 7.82. The predicted octanol–water partition coefficient (Wildman–Crippen LogP) is 8.82. The Kier molecular flexibility index (Phi) is 11.4. The van der Waals surface area contributed by atoms with Gasteiger partial charge in [-0.1, -0.05) is 0 Å². The number of rotatable bonds is 10. The number of halogens is 2. The summed E-state index contributed by atoms with van der Waals surface area (Å²) in [6.45, 7) is 6.99. The standard InChI is InChI=1S/2C14H16N.2CH3.2ClH.H2Si.Zr/c2*1-2-3-5-12-6-4-7-14(12)13-8-10-15-11-9-13;;;;;;/h2*6,8-11H,2-5H2,1H3;2*1H3;2*1H;1H2;. The van der Waals surface area contributed by atoms with Gasteiger partial charge in [0.05, 0.1) is 0 Å². The molecule has 2 aromatic heterocycles. The number of aromatic nitrogens is 2. The van der Waals surface area contributed by atoms with Gasteiger partial charge < -0.3 is 0 Å². The van der Waals surface area contributed by atoms with Gasteiger partial charge in [-0.2, -0.15) is 0 Å². The van der Waals surface area contributed by atoms with Crippen LogP contribution in [0.4, 0.5) is 0 Å². The Bertz CT molecular complexity index is 1150. The van der Waals surface area contributed by atoms with Crippen molar-refractivity contribution >= 4 is 42.8 Å². The average molecular weight is 621 g/mol. The Morgan fingerprint density at radius 2 is 1.06 bits per heavy atom. The molecule has 0 radical (unpaired) electrons. The zero-order chi connectivity index (χ0) is 24.2. The fraction of sp³-hybridized carbons (Fsp3) is 0.400. The summed E-state index contributed by atoms with van der Waals surface area (Å²) >= 11 is -3.49. The Hall–Kier alpha value is -1.06. The molecule has 0 aliphatic heterocycles. The van der Waals surface area contributed by atoms with Gasteiger partial charge in [-0.25, -0.2) is 0 Å². The summed E-state index contributed by atoms with van der Waals surface area (Å²) in [6, 6.07) is 8.91. The van der Waals surface area contributed by atoms with Crippen LogP contribution in [-0.4, -0.2) is 16.8 Å². The van der Waals surface area contributed by atoms with Crippen molar-refractivity contribution in [1.82, 2.24) is 9.97 Å². The van der Waals surface area contributed by atoms with Crippen LogP contribution in [0.15, 0.2) is 78.9 Å². The van der Waals surface area contributed by atoms with Gasteiger partial charge in [0, 0.05) is 0 Å². The molecule has 4 rings (SSSR count). The first-order valence-corrected chi connectivity index (χ1v) is 26.4. The van der Waals surface area contributed by atoms with Crippen LogP contribution in [0, 0.1) is 0 Å². The van der Waals surface area contributed by atoms with Gasteiger partial charge >= 0.3 is 210 Å². The normalized spacial score (nSPS) is 15.9. The van der Waals surface area contributed by atoms with E-state index in [0.717, 1.165) is 12.8 Å². The molecule has 2 nitrogen and oxygen atoms in total. The quantitative estimate of drug-likeness (QED) is 0.248. The Labute approximate surface area is 233 Å². The molecule has 0 amide bonds. The number of pyridine rings is 2. The molecule has 2 aliphatic carbocycles. The maximum absolute atomic E-state index is 4.33. The van der Waals surface area contributed by atoms with Gasteiger partial charge in [-0.05, 0) is 0 Å². The third kappa shape index (κ3) is 6.32. The van der Waals surface area contributed by atoms with Crippen LogP contribution in [0.25, 0.3) is 11.1 Å². The van der Waals surface area contributed by atoms with Gasteiger partial charge in [-0.15, -0.1) is 24.8 Å². The van der Waals surface area contributed by atoms with Gasteiger partial charge in [0.2, 0.25) is 0 Å². The summed E-state index contributed by atoms with van der Waals surface area (Å²) in [5.74, 6) is 0. The first kappa shape index (κ1) is 31.2. The molecule has 36 heavy (non-hydrogen) atoms. The van der Waals surface area contributed by atoms with Crippen LogP contribution < -0.4 is 0 Å². The molecule has 0 fully saturated rings. The third-order valence-corrected chi connectivity index (χ3v) is 24.6. The molecule has 2 aromatic rings. The second-order valence-electron chi connectivity index (χ2n) is 10.9. The Morgan fingerprint density at radius 1 is 0.694 bits per heavy atom. The number of unbranched alkanes of at least 4 members (excludes halogenated alkanes) is 2. The maximum Gasteiger partial charge on any atom is -0.147 e. The van der Waals surface area contributed by atoms with Crippen LogP contribution in [0.5, 0.6) is 0 Å². The van der Waals surface area contributed by atoms with E-state index in [1.54, 1.807) is 28.9 Å². The van der Waals surface area contributed by atoms with Crippen molar-refractivity contribution in [3.63, 3.8) is 0 Å². The zero-order valence-electron chi connectivity index (χ0n) is 22.3. The molecular weight excluding hydrogens is 579 g/mol. The summed E-state index contributed by atoms with van der Waals surface area (Å²) < 4.78 is 8.92. The fourth-order valence-electron chi connectivity index (χ4n) is 5.83. The van der Waals surface area contributed by atoms with E-state index in [2.05, 4.69) is 76.4 Å². The summed E-state index contributed by atoms with van der Waals surface area (Å²) in [6.07, 6.45) is 22.6. The van der Waals surface area contributed by atoms with Crippen molar-refractivity contribution in [1.29, 1.82) is 0 Å². The Balaban J connectivity index is 0.00000228. The van der Waals surface area contributed by atoms with Crippen LogP contribution in [-0.2, 0) is 17.4 Å². The SMILES string of the molecule is CCCCC1=CC[C]([Zr]([CH3])([CH3])(=[SiH2])[C]2=C(c3ccncc3)C(CCCC)=CC2)=C1c1ccncc1.Cl.Cl.